The maximum absolute atomic E-state index is 12.9. The van der Waals surface area contributed by atoms with E-state index in [2.05, 4.69) is 0 Å². The minimum atomic E-state index is -0.504. The van der Waals surface area contributed by atoms with Gasteiger partial charge in [0.1, 0.15) is 5.78 Å². The van der Waals surface area contributed by atoms with Crippen LogP contribution < -0.4 is 0 Å². The molecule has 2 nitrogen and oxygen atoms in total. The molecule has 0 heterocycles. The molecule has 2 heteroatoms. The van der Waals surface area contributed by atoms with E-state index in [4.69, 9.17) is 0 Å². The molecule has 124 valence electrons. The lowest BCUT2D eigenvalue weighted by molar-refractivity contribution is -0.129. The molecule has 2 fully saturated rings. The van der Waals surface area contributed by atoms with Crippen molar-refractivity contribution in [1.82, 2.24) is 0 Å². The second kappa shape index (κ2) is 7.92. The van der Waals surface area contributed by atoms with Gasteiger partial charge in [0.15, 0.2) is 0 Å². The molecular formula is C21H28O2. The average molecular weight is 312 g/mol. The zero-order chi connectivity index (χ0) is 16.1. The van der Waals surface area contributed by atoms with Crippen LogP contribution in [0.3, 0.4) is 0 Å². The van der Waals surface area contributed by atoms with Gasteiger partial charge in [-0.1, -0.05) is 68.2 Å². The maximum Gasteiger partial charge on any atom is 0.139 e. The summed E-state index contributed by atoms with van der Waals surface area (Å²) in [6, 6.07) is 10.0. The first-order chi connectivity index (χ1) is 11.3. The number of hydrogen-bond donors (Lipinski definition) is 1. The quantitative estimate of drug-likeness (QED) is 0.861. The summed E-state index contributed by atoms with van der Waals surface area (Å²) in [7, 11) is 0. The molecule has 0 aliphatic heterocycles. The fraction of sp³-hybridized carbons (Fsp3) is 0.571. The number of aliphatic hydroxyl groups is 1. The lowest BCUT2D eigenvalue weighted by atomic mass is 9.77. The van der Waals surface area contributed by atoms with Gasteiger partial charge in [-0.05, 0) is 37.2 Å². The van der Waals surface area contributed by atoms with E-state index in [1.54, 1.807) is 0 Å². The number of ketones is 1. The minimum absolute atomic E-state index is 0.0773. The molecule has 3 atom stereocenters. The van der Waals surface area contributed by atoms with Crippen molar-refractivity contribution in [3.8, 4) is 0 Å². The first-order valence-electron chi connectivity index (χ1n) is 9.21. The molecule has 23 heavy (non-hydrogen) atoms. The molecule has 0 unspecified atom stereocenters. The zero-order valence-electron chi connectivity index (χ0n) is 13.9. The van der Waals surface area contributed by atoms with Gasteiger partial charge in [-0.15, -0.1) is 0 Å². The van der Waals surface area contributed by atoms with Gasteiger partial charge in [-0.2, -0.15) is 0 Å². The molecule has 1 aromatic carbocycles. The Hall–Kier alpha value is -1.41. The Kier molecular flexibility index (Phi) is 5.66. The molecule has 1 N–H and O–H groups in total. The highest BCUT2D eigenvalue weighted by molar-refractivity contribution is 5.84. The van der Waals surface area contributed by atoms with Crippen molar-refractivity contribution in [3.05, 3.63) is 42.0 Å². The number of carbonyl (C=O) groups excluding carboxylic acids is 1. The van der Waals surface area contributed by atoms with E-state index < -0.39 is 6.10 Å². The van der Waals surface area contributed by atoms with Crippen LogP contribution >= 0.6 is 0 Å². The monoisotopic (exact) mass is 312 g/mol. The summed E-state index contributed by atoms with van der Waals surface area (Å²) >= 11 is 0. The number of benzene rings is 1. The van der Waals surface area contributed by atoms with Crippen molar-refractivity contribution in [3.63, 3.8) is 0 Å². The van der Waals surface area contributed by atoms with E-state index in [1.165, 1.54) is 19.3 Å². The lowest BCUT2D eigenvalue weighted by Gasteiger charge is -2.28. The van der Waals surface area contributed by atoms with Crippen molar-refractivity contribution in [2.24, 2.45) is 17.8 Å². The molecule has 0 saturated heterocycles. The highest BCUT2D eigenvalue weighted by Crippen LogP contribution is 2.39. The zero-order valence-corrected chi connectivity index (χ0v) is 13.9. The third kappa shape index (κ3) is 4.11. The molecule has 0 aromatic heterocycles. The largest absolute Gasteiger partial charge is 0.389 e. The van der Waals surface area contributed by atoms with Crippen molar-refractivity contribution >= 4 is 11.9 Å². The lowest BCUT2D eigenvalue weighted by Crippen LogP contribution is -2.32. The molecule has 0 spiro atoms. The Morgan fingerprint density at radius 3 is 2.48 bits per heavy atom. The standard InChI is InChI=1S/C21H28O2/c22-20(15-14-16-8-3-1-4-9-16)18-12-7-13-19(18)21(23)17-10-5-2-6-11-17/h1,3-4,8-9,14-15,17-20,22H,2,5-7,10-13H2/b15-14+/t18-,19-,20-/m0/s1. The van der Waals surface area contributed by atoms with Crippen molar-refractivity contribution in [2.75, 3.05) is 0 Å². The summed E-state index contributed by atoms with van der Waals surface area (Å²) in [5, 5.41) is 10.6. The molecule has 2 saturated carbocycles. The summed E-state index contributed by atoms with van der Waals surface area (Å²) < 4.78 is 0. The van der Waals surface area contributed by atoms with Crippen LogP contribution in [0, 0.1) is 17.8 Å². The Balaban J connectivity index is 1.63. The smallest absolute Gasteiger partial charge is 0.139 e. The molecule has 1 aromatic rings. The highest BCUT2D eigenvalue weighted by atomic mass is 16.3. The first-order valence-corrected chi connectivity index (χ1v) is 9.21. The molecule has 2 aliphatic rings. The van der Waals surface area contributed by atoms with E-state index in [0.29, 0.717) is 5.78 Å². The van der Waals surface area contributed by atoms with E-state index in [0.717, 1.165) is 37.7 Å². The van der Waals surface area contributed by atoms with Gasteiger partial charge in [0.2, 0.25) is 0 Å². The number of carbonyl (C=O) groups is 1. The number of aliphatic hydroxyl groups excluding tert-OH is 1. The summed E-state index contributed by atoms with van der Waals surface area (Å²) in [5.74, 6) is 0.900. The van der Waals surface area contributed by atoms with Gasteiger partial charge in [0.05, 0.1) is 6.10 Å². The minimum Gasteiger partial charge on any atom is -0.389 e. The first kappa shape index (κ1) is 16.4. The Morgan fingerprint density at radius 1 is 1.00 bits per heavy atom. The fourth-order valence-electron chi connectivity index (χ4n) is 4.36. The van der Waals surface area contributed by atoms with Gasteiger partial charge in [0.25, 0.3) is 0 Å². The topological polar surface area (TPSA) is 37.3 Å². The van der Waals surface area contributed by atoms with E-state index in [1.807, 2.05) is 42.5 Å². The summed E-state index contributed by atoms with van der Waals surface area (Å²) in [5.41, 5.74) is 1.10. The predicted molar refractivity (Wildman–Crippen MR) is 93.9 cm³/mol. The summed E-state index contributed by atoms with van der Waals surface area (Å²) in [6.07, 6.45) is 12.2. The van der Waals surface area contributed by atoms with Crippen LogP contribution in [0.5, 0.6) is 0 Å². The molecular weight excluding hydrogens is 284 g/mol. The molecule has 0 amide bonds. The SMILES string of the molecule is O=C(C1CCCCC1)[C@H]1CCC[C@@H]1[C@@H](O)/C=C/c1ccccc1. The van der Waals surface area contributed by atoms with Crippen LogP contribution in [0.15, 0.2) is 36.4 Å². The Bertz CT molecular complexity index is 528. The molecule has 3 rings (SSSR count). The van der Waals surface area contributed by atoms with Crippen molar-refractivity contribution < 1.29 is 9.90 Å². The van der Waals surface area contributed by atoms with Crippen LogP contribution in [-0.4, -0.2) is 17.0 Å². The molecule has 0 bridgehead atoms. The van der Waals surface area contributed by atoms with Gasteiger partial charge in [-0.3, -0.25) is 4.79 Å². The normalized spacial score (nSPS) is 27.3. The fourth-order valence-corrected chi connectivity index (χ4v) is 4.36. The second-order valence-electron chi connectivity index (χ2n) is 7.20. The van der Waals surface area contributed by atoms with Crippen molar-refractivity contribution in [1.29, 1.82) is 0 Å². The van der Waals surface area contributed by atoms with Crippen LogP contribution in [0.4, 0.5) is 0 Å². The molecule has 2 aliphatic carbocycles. The van der Waals surface area contributed by atoms with Gasteiger partial charge < -0.3 is 5.11 Å². The Labute approximate surface area is 139 Å². The van der Waals surface area contributed by atoms with Crippen LogP contribution in [-0.2, 0) is 4.79 Å². The van der Waals surface area contributed by atoms with Crippen LogP contribution in [0.1, 0.15) is 56.9 Å². The van der Waals surface area contributed by atoms with Crippen molar-refractivity contribution in [2.45, 2.75) is 57.5 Å². The number of Topliss-reactive ketones (excluding diaryl/α,β-unsaturated/α-hetero) is 1. The van der Waals surface area contributed by atoms with E-state index in [9.17, 15) is 9.90 Å². The van der Waals surface area contributed by atoms with Crippen LogP contribution in [0.2, 0.25) is 0 Å². The third-order valence-electron chi connectivity index (χ3n) is 5.67. The number of hydrogen-bond acceptors (Lipinski definition) is 2. The Morgan fingerprint density at radius 2 is 1.74 bits per heavy atom. The number of rotatable bonds is 5. The third-order valence-corrected chi connectivity index (χ3v) is 5.67. The van der Waals surface area contributed by atoms with E-state index in [-0.39, 0.29) is 17.8 Å². The highest BCUT2D eigenvalue weighted by Gasteiger charge is 2.39. The average Bonchev–Trinajstić information content (AvgIpc) is 3.10. The van der Waals surface area contributed by atoms with Gasteiger partial charge in [-0.25, -0.2) is 0 Å². The summed E-state index contributed by atoms with van der Waals surface area (Å²) in [4.78, 5) is 12.9. The van der Waals surface area contributed by atoms with Crippen LogP contribution in [0.25, 0.3) is 6.08 Å². The van der Waals surface area contributed by atoms with E-state index >= 15 is 0 Å². The maximum atomic E-state index is 12.9. The van der Waals surface area contributed by atoms with Gasteiger partial charge >= 0.3 is 0 Å². The second-order valence-corrected chi connectivity index (χ2v) is 7.20. The predicted octanol–water partition coefficient (Wildman–Crippen LogP) is 4.63. The summed E-state index contributed by atoms with van der Waals surface area (Å²) in [6.45, 7) is 0. The molecule has 0 radical (unpaired) electrons. The van der Waals surface area contributed by atoms with Gasteiger partial charge in [0, 0.05) is 11.8 Å².